The predicted octanol–water partition coefficient (Wildman–Crippen LogP) is 4.36. The normalized spacial score (nSPS) is 17.1. The molecule has 1 unspecified atom stereocenters. The third kappa shape index (κ3) is 2.97. The second-order valence-electron chi connectivity index (χ2n) is 6.30. The highest BCUT2D eigenvalue weighted by atomic mass is 35.5. The van der Waals surface area contributed by atoms with E-state index in [1.54, 1.807) is 6.07 Å². The number of carbonyl (C=O) groups excluding carboxylic acids is 1. The van der Waals surface area contributed by atoms with Crippen molar-refractivity contribution in [3.63, 3.8) is 0 Å². The summed E-state index contributed by atoms with van der Waals surface area (Å²) in [7, 11) is 0. The van der Waals surface area contributed by atoms with Crippen LogP contribution in [0.2, 0.25) is 5.02 Å². The Hall–Kier alpha value is -2.73. The number of carbonyl (C=O) groups is 1. The van der Waals surface area contributed by atoms with Gasteiger partial charge in [0.1, 0.15) is 0 Å². The van der Waals surface area contributed by atoms with Crippen LogP contribution in [0, 0.1) is 12.7 Å². The lowest BCUT2D eigenvalue weighted by molar-refractivity contribution is -0.117. The van der Waals surface area contributed by atoms with E-state index >= 15 is 0 Å². The van der Waals surface area contributed by atoms with Crippen LogP contribution in [0.25, 0.3) is 11.5 Å². The maximum atomic E-state index is 14.2. The Morgan fingerprint density at radius 2 is 2.00 bits per heavy atom. The molecule has 0 aliphatic carbocycles. The Bertz CT molecular complexity index is 971. The van der Waals surface area contributed by atoms with E-state index in [1.165, 1.54) is 17.0 Å². The van der Waals surface area contributed by atoms with Crippen molar-refractivity contribution in [3.8, 4) is 11.5 Å². The second kappa shape index (κ2) is 6.53. The molecular weight excluding hydrogens is 357 g/mol. The van der Waals surface area contributed by atoms with Crippen molar-refractivity contribution in [1.29, 1.82) is 0 Å². The molecule has 2 aromatic carbocycles. The van der Waals surface area contributed by atoms with E-state index < -0.39 is 5.82 Å². The first kappa shape index (κ1) is 16.7. The molecule has 1 amide bonds. The first-order valence-corrected chi connectivity index (χ1v) is 8.56. The van der Waals surface area contributed by atoms with E-state index in [0.717, 1.165) is 11.1 Å². The van der Waals surface area contributed by atoms with Gasteiger partial charge in [-0.2, -0.15) is 4.98 Å². The van der Waals surface area contributed by atoms with Crippen LogP contribution >= 0.6 is 11.6 Å². The van der Waals surface area contributed by atoms with Crippen LogP contribution in [-0.4, -0.2) is 22.6 Å². The van der Waals surface area contributed by atoms with Crippen molar-refractivity contribution >= 4 is 23.2 Å². The molecule has 0 spiro atoms. The Kier molecular flexibility index (Phi) is 4.20. The number of benzene rings is 2. The topological polar surface area (TPSA) is 59.2 Å². The molecule has 1 saturated heterocycles. The Morgan fingerprint density at radius 3 is 2.77 bits per heavy atom. The Morgan fingerprint density at radius 1 is 1.23 bits per heavy atom. The van der Waals surface area contributed by atoms with Crippen LogP contribution in [0.3, 0.4) is 0 Å². The van der Waals surface area contributed by atoms with Crippen molar-refractivity contribution in [2.75, 3.05) is 11.4 Å². The minimum absolute atomic E-state index is 0.0139. The summed E-state index contributed by atoms with van der Waals surface area (Å²) in [5.41, 5.74) is 2.12. The minimum atomic E-state index is -0.600. The average molecular weight is 372 g/mol. The van der Waals surface area contributed by atoms with Gasteiger partial charge in [0.25, 0.3) is 5.89 Å². The minimum Gasteiger partial charge on any atom is -0.334 e. The largest absolute Gasteiger partial charge is 0.334 e. The van der Waals surface area contributed by atoms with Crippen LogP contribution in [-0.2, 0) is 4.79 Å². The zero-order valence-corrected chi connectivity index (χ0v) is 14.7. The van der Waals surface area contributed by atoms with Gasteiger partial charge >= 0.3 is 0 Å². The van der Waals surface area contributed by atoms with Crippen molar-refractivity contribution in [2.24, 2.45) is 0 Å². The smallest absolute Gasteiger partial charge is 0.257 e. The molecule has 4 rings (SSSR count). The molecule has 3 aromatic rings. The van der Waals surface area contributed by atoms with Crippen LogP contribution < -0.4 is 4.90 Å². The van der Waals surface area contributed by atoms with Crippen LogP contribution in [0.1, 0.15) is 23.7 Å². The molecule has 5 nitrogen and oxygen atoms in total. The van der Waals surface area contributed by atoms with Gasteiger partial charge in [-0.3, -0.25) is 4.79 Å². The fourth-order valence-electron chi connectivity index (χ4n) is 3.03. The number of anilines is 1. The van der Waals surface area contributed by atoms with Crippen molar-refractivity contribution in [1.82, 2.24) is 10.1 Å². The highest BCUT2D eigenvalue weighted by molar-refractivity contribution is 6.31. The standard InChI is InChI=1S/C19H15ClFN3O2/c1-11-5-7-12(8-6-11)19-22-18(23-26-19)13-9-16(25)24(10-13)15-4-2-3-14(20)17(15)21/h2-8,13H,9-10H2,1H3. The summed E-state index contributed by atoms with van der Waals surface area (Å²) < 4.78 is 19.6. The van der Waals surface area contributed by atoms with Gasteiger partial charge in [0.2, 0.25) is 5.91 Å². The summed E-state index contributed by atoms with van der Waals surface area (Å²) in [6.07, 6.45) is 0.193. The van der Waals surface area contributed by atoms with E-state index in [1.807, 2.05) is 31.2 Å². The number of rotatable bonds is 3. The van der Waals surface area contributed by atoms with E-state index in [4.69, 9.17) is 16.1 Å². The molecule has 1 fully saturated rings. The summed E-state index contributed by atoms with van der Waals surface area (Å²) in [6.45, 7) is 2.28. The second-order valence-corrected chi connectivity index (χ2v) is 6.71. The molecule has 1 aliphatic rings. The molecule has 7 heteroatoms. The molecule has 132 valence electrons. The van der Waals surface area contributed by atoms with E-state index in [-0.39, 0.29) is 35.5 Å². The molecule has 26 heavy (non-hydrogen) atoms. The summed E-state index contributed by atoms with van der Waals surface area (Å²) in [5.74, 6) is -0.211. The maximum Gasteiger partial charge on any atom is 0.257 e. The van der Waals surface area contributed by atoms with Crippen molar-refractivity contribution in [2.45, 2.75) is 19.3 Å². The fourth-order valence-corrected chi connectivity index (χ4v) is 3.20. The zero-order chi connectivity index (χ0) is 18.3. The Labute approximate surface area is 154 Å². The van der Waals surface area contributed by atoms with Gasteiger partial charge < -0.3 is 9.42 Å². The third-order valence-corrected chi connectivity index (χ3v) is 4.74. The molecule has 0 N–H and O–H groups in total. The van der Waals surface area contributed by atoms with Crippen LogP contribution in [0.5, 0.6) is 0 Å². The van der Waals surface area contributed by atoms with E-state index in [9.17, 15) is 9.18 Å². The number of amides is 1. The zero-order valence-electron chi connectivity index (χ0n) is 13.9. The fraction of sp³-hybridized carbons (Fsp3) is 0.211. The van der Waals surface area contributed by atoms with Gasteiger partial charge in [0, 0.05) is 24.4 Å². The first-order valence-electron chi connectivity index (χ1n) is 8.18. The number of aromatic nitrogens is 2. The molecule has 0 bridgehead atoms. The molecule has 1 atom stereocenters. The quantitative estimate of drug-likeness (QED) is 0.686. The lowest BCUT2D eigenvalue weighted by atomic mass is 10.1. The lowest BCUT2D eigenvalue weighted by Gasteiger charge is -2.17. The number of aryl methyl sites for hydroxylation is 1. The third-order valence-electron chi connectivity index (χ3n) is 4.45. The van der Waals surface area contributed by atoms with E-state index in [0.29, 0.717) is 11.7 Å². The summed E-state index contributed by atoms with van der Waals surface area (Å²) >= 11 is 5.82. The van der Waals surface area contributed by atoms with Crippen LogP contribution in [0.15, 0.2) is 47.0 Å². The first-order chi connectivity index (χ1) is 12.5. The monoisotopic (exact) mass is 371 g/mol. The van der Waals surface area contributed by atoms with Crippen molar-refractivity contribution in [3.05, 3.63) is 64.7 Å². The van der Waals surface area contributed by atoms with Gasteiger partial charge in [0.05, 0.1) is 10.7 Å². The molecular formula is C19H15ClFN3O2. The van der Waals surface area contributed by atoms with Gasteiger partial charge in [-0.25, -0.2) is 4.39 Å². The predicted molar refractivity (Wildman–Crippen MR) is 95.6 cm³/mol. The number of hydrogen-bond donors (Lipinski definition) is 0. The molecule has 0 saturated carbocycles. The Balaban J connectivity index is 1.58. The summed E-state index contributed by atoms with van der Waals surface area (Å²) in [4.78, 5) is 18.2. The molecule has 2 heterocycles. The molecule has 1 aromatic heterocycles. The van der Waals surface area contributed by atoms with Gasteiger partial charge in [0.15, 0.2) is 11.6 Å². The summed E-state index contributed by atoms with van der Waals surface area (Å²) in [5, 5.41) is 4.00. The van der Waals surface area contributed by atoms with Gasteiger partial charge in [-0.15, -0.1) is 0 Å². The van der Waals surface area contributed by atoms with Gasteiger partial charge in [-0.1, -0.05) is 40.5 Å². The lowest BCUT2D eigenvalue weighted by Crippen LogP contribution is -2.25. The maximum absolute atomic E-state index is 14.2. The number of hydrogen-bond acceptors (Lipinski definition) is 4. The molecule has 0 radical (unpaired) electrons. The average Bonchev–Trinajstić information content (AvgIpc) is 3.25. The molecule has 1 aliphatic heterocycles. The number of halogens is 2. The SMILES string of the molecule is Cc1ccc(-c2nc(C3CC(=O)N(c4cccc(Cl)c4F)C3)no2)cc1. The highest BCUT2D eigenvalue weighted by Gasteiger charge is 2.36. The summed E-state index contributed by atoms with van der Waals surface area (Å²) in [6, 6.07) is 12.3. The highest BCUT2D eigenvalue weighted by Crippen LogP contribution is 2.34. The van der Waals surface area contributed by atoms with E-state index in [2.05, 4.69) is 10.1 Å². The van der Waals surface area contributed by atoms with Gasteiger partial charge in [-0.05, 0) is 31.2 Å². The van der Waals surface area contributed by atoms with Crippen LogP contribution in [0.4, 0.5) is 10.1 Å². The number of nitrogens with zero attached hydrogens (tertiary/aromatic N) is 3. The van der Waals surface area contributed by atoms with Crippen molar-refractivity contribution < 1.29 is 13.7 Å².